The molecule has 1 aromatic heterocycles. The summed E-state index contributed by atoms with van der Waals surface area (Å²) in [6, 6.07) is 9.26. The van der Waals surface area contributed by atoms with Gasteiger partial charge in [-0.05, 0) is 36.6 Å². The van der Waals surface area contributed by atoms with Gasteiger partial charge in [0.2, 0.25) is 5.91 Å². The molecule has 0 unspecified atom stereocenters. The van der Waals surface area contributed by atoms with Crippen LogP contribution in [0.2, 0.25) is 0 Å². The van der Waals surface area contributed by atoms with Crippen molar-refractivity contribution in [1.29, 1.82) is 0 Å². The first kappa shape index (κ1) is 25.6. The predicted molar refractivity (Wildman–Crippen MR) is 132 cm³/mol. The number of hydrogen-bond acceptors (Lipinski definition) is 6. The molecule has 2 aromatic rings. The Hall–Kier alpha value is -2.97. The normalized spacial score (nSPS) is 22.2. The van der Waals surface area contributed by atoms with Gasteiger partial charge in [0, 0.05) is 70.4 Å². The molecular weight excluding hydrogens is 432 g/mol. The van der Waals surface area contributed by atoms with Crippen molar-refractivity contribution in [3.63, 3.8) is 0 Å². The summed E-state index contributed by atoms with van der Waals surface area (Å²) in [5.41, 5.74) is 2.20. The SMILES string of the molecule is CCC(=O)Nc1ccc2c(c1)OC[C@H](C)N(Cc1cccnc1)C[C@H](C)[C@H](OC)CN(C)C2=O. The minimum absolute atomic E-state index is 0.0640. The van der Waals surface area contributed by atoms with E-state index in [0.29, 0.717) is 36.6 Å². The van der Waals surface area contributed by atoms with Gasteiger partial charge in [-0.2, -0.15) is 0 Å². The van der Waals surface area contributed by atoms with E-state index in [4.69, 9.17) is 9.47 Å². The Morgan fingerprint density at radius 2 is 2.06 bits per heavy atom. The van der Waals surface area contributed by atoms with Crippen molar-refractivity contribution >= 4 is 17.5 Å². The number of rotatable bonds is 5. The number of fused-ring (bicyclic) bond motifs is 1. The second kappa shape index (κ2) is 11.9. The van der Waals surface area contributed by atoms with E-state index in [9.17, 15) is 9.59 Å². The zero-order valence-electron chi connectivity index (χ0n) is 20.8. The van der Waals surface area contributed by atoms with E-state index in [-0.39, 0.29) is 29.9 Å². The Kier molecular flexibility index (Phi) is 9.01. The number of nitrogens with one attached hydrogen (secondary N) is 1. The van der Waals surface area contributed by atoms with E-state index < -0.39 is 0 Å². The lowest BCUT2D eigenvalue weighted by atomic mass is 10.0. The summed E-state index contributed by atoms with van der Waals surface area (Å²) in [7, 11) is 3.47. The van der Waals surface area contributed by atoms with Gasteiger partial charge in [-0.25, -0.2) is 0 Å². The Morgan fingerprint density at radius 3 is 2.74 bits per heavy atom. The molecule has 2 amide bonds. The fourth-order valence-corrected chi connectivity index (χ4v) is 4.12. The van der Waals surface area contributed by atoms with E-state index in [1.165, 1.54) is 0 Å². The zero-order valence-corrected chi connectivity index (χ0v) is 20.8. The molecule has 3 rings (SSSR count). The quantitative estimate of drug-likeness (QED) is 0.724. The summed E-state index contributed by atoms with van der Waals surface area (Å²) in [6.07, 6.45) is 3.90. The largest absolute Gasteiger partial charge is 0.491 e. The molecule has 34 heavy (non-hydrogen) atoms. The molecule has 8 heteroatoms. The molecule has 1 N–H and O–H groups in total. The first-order chi connectivity index (χ1) is 16.3. The summed E-state index contributed by atoms with van der Waals surface area (Å²) in [6.45, 7) is 8.42. The van der Waals surface area contributed by atoms with E-state index in [1.807, 2.05) is 12.3 Å². The summed E-state index contributed by atoms with van der Waals surface area (Å²) >= 11 is 0. The number of carbonyl (C=O) groups excluding carboxylic acids is 2. The highest BCUT2D eigenvalue weighted by Gasteiger charge is 2.28. The topological polar surface area (TPSA) is 84.0 Å². The van der Waals surface area contributed by atoms with Gasteiger partial charge in [0.05, 0.1) is 11.7 Å². The van der Waals surface area contributed by atoms with Crippen molar-refractivity contribution in [3.05, 3.63) is 53.9 Å². The van der Waals surface area contributed by atoms with Crippen LogP contribution >= 0.6 is 0 Å². The standard InChI is InChI=1S/C26H36N4O4/c1-6-25(31)28-21-9-10-22-23(12-21)34-17-19(3)30(15-20-8-7-11-27-13-20)14-18(2)24(33-5)16-29(4)26(22)32/h7-13,18-19,24H,6,14-17H2,1-5H3,(H,28,31)/t18-,19-,24+/m0/s1. The number of amides is 2. The summed E-state index contributed by atoms with van der Waals surface area (Å²) in [4.78, 5) is 33.5. The van der Waals surface area contributed by atoms with Crippen LogP contribution in [-0.2, 0) is 16.1 Å². The number of benzene rings is 1. The summed E-state index contributed by atoms with van der Waals surface area (Å²) in [5.74, 6) is 0.411. The number of hydrogen-bond donors (Lipinski definition) is 1. The van der Waals surface area contributed by atoms with Gasteiger partial charge < -0.3 is 19.7 Å². The van der Waals surface area contributed by atoms with Crippen LogP contribution in [0.25, 0.3) is 0 Å². The Morgan fingerprint density at radius 1 is 1.26 bits per heavy atom. The highest BCUT2D eigenvalue weighted by atomic mass is 16.5. The lowest BCUT2D eigenvalue weighted by Crippen LogP contribution is -2.46. The van der Waals surface area contributed by atoms with Crippen molar-refractivity contribution in [2.45, 2.75) is 45.9 Å². The molecule has 0 radical (unpaired) electrons. The van der Waals surface area contributed by atoms with E-state index in [2.05, 4.69) is 35.1 Å². The van der Waals surface area contributed by atoms with Crippen LogP contribution in [0.4, 0.5) is 5.69 Å². The van der Waals surface area contributed by atoms with Gasteiger partial charge in [-0.3, -0.25) is 19.5 Å². The van der Waals surface area contributed by atoms with Gasteiger partial charge in [-0.1, -0.05) is 19.9 Å². The van der Waals surface area contributed by atoms with E-state index in [0.717, 1.165) is 18.7 Å². The molecule has 1 aromatic carbocycles. The molecule has 0 spiro atoms. The average Bonchev–Trinajstić information content (AvgIpc) is 2.84. The average molecular weight is 469 g/mol. The molecule has 1 aliphatic rings. The number of likely N-dealkylation sites (N-methyl/N-ethyl adjacent to an activating group) is 1. The number of nitrogens with zero attached hydrogens (tertiary/aromatic N) is 3. The zero-order chi connectivity index (χ0) is 24.7. The molecule has 0 aliphatic carbocycles. The first-order valence-electron chi connectivity index (χ1n) is 11.8. The van der Waals surface area contributed by atoms with Crippen LogP contribution in [0.15, 0.2) is 42.7 Å². The van der Waals surface area contributed by atoms with Crippen molar-refractivity contribution < 1.29 is 19.1 Å². The number of anilines is 1. The molecule has 1 aliphatic heterocycles. The minimum atomic E-state index is -0.141. The van der Waals surface area contributed by atoms with Crippen LogP contribution in [0.3, 0.4) is 0 Å². The van der Waals surface area contributed by atoms with E-state index in [1.54, 1.807) is 50.4 Å². The third-order valence-electron chi connectivity index (χ3n) is 6.29. The molecule has 184 valence electrons. The van der Waals surface area contributed by atoms with Gasteiger partial charge in [0.1, 0.15) is 12.4 Å². The van der Waals surface area contributed by atoms with Crippen molar-refractivity contribution in [2.75, 3.05) is 39.2 Å². The number of aromatic nitrogens is 1. The van der Waals surface area contributed by atoms with Gasteiger partial charge in [0.25, 0.3) is 5.91 Å². The van der Waals surface area contributed by atoms with Crippen molar-refractivity contribution in [3.8, 4) is 5.75 Å². The maximum atomic E-state index is 13.3. The van der Waals surface area contributed by atoms with Gasteiger partial charge in [-0.15, -0.1) is 0 Å². The first-order valence-corrected chi connectivity index (χ1v) is 11.8. The second-order valence-corrected chi connectivity index (χ2v) is 9.00. The van der Waals surface area contributed by atoms with Crippen LogP contribution in [0.1, 0.15) is 43.1 Å². The smallest absolute Gasteiger partial charge is 0.257 e. The molecular formula is C26H36N4O4. The van der Waals surface area contributed by atoms with Crippen LogP contribution < -0.4 is 10.1 Å². The molecule has 3 atom stereocenters. The van der Waals surface area contributed by atoms with Crippen LogP contribution in [-0.4, -0.2) is 72.6 Å². The molecule has 0 saturated heterocycles. The van der Waals surface area contributed by atoms with Crippen LogP contribution in [0.5, 0.6) is 5.75 Å². The number of methoxy groups -OCH3 is 1. The molecule has 8 nitrogen and oxygen atoms in total. The maximum Gasteiger partial charge on any atom is 0.257 e. The minimum Gasteiger partial charge on any atom is -0.491 e. The highest BCUT2D eigenvalue weighted by molar-refractivity contribution is 5.98. The molecule has 0 bridgehead atoms. The predicted octanol–water partition coefficient (Wildman–Crippen LogP) is 3.44. The maximum absolute atomic E-state index is 13.3. The molecule has 0 fully saturated rings. The third-order valence-corrected chi connectivity index (χ3v) is 6.29. The Balaban J connectivity index is 1.94. The number of pyridine rings is 1. The number of ether oxygens (including phenoxy) is 2. The lowest BCUT2D eigenvalue weighted by molar-refractivity contribution is -0.115. The fourth-order valence-electron chi connectivity index (χ4n) is 4.12. The highest BCUT2D eigenvalue weighted by Crippen LogP contribution is 2.27. The number of carbonyl (C=O) groups is 2. The van der Waals surface area contributed by atoms with Crippen LogP contribution in [0, 0.1) is 5.92 Å². The Bertz CT molecular complexity index is 969. The fraction of sp³-hybridized carbons (Fsp3) is 0.500. The van der Waals surface area contributed by atoms with Crippen molar-refractivity contribution in [1.82, 2.24) is 14.8 Å². The third kappa shape index (κ3) is 6.55. The molecule has 2 heterocycles. The van der Waals surface area contributed by atoms with E-state index >= 15 is 0 Å². The summed E-state index contributed by atoms with van der Waals surface area (Å²) in [5, 5.41) is 2.85. The van der Waals surface area contributed by atoms with Gasteiger partial charge in [0.15, 0.2) is 0 Å². The second-order valence-electron chi connectivity index (χ2n) is 9.00. The summed E-state index contributed by atoms with van der Waals surface area (Å²) < 4.78 is 12.0. The van der Waals surface area contributed by atoms with Crippen molar-refractivity contribution in [2.24, 2.45) is 5.92 Å². The Labute approximate surface area is 202 Å². The monoisotopic (exact) mass is 468 g/mol. The van der Waals surface area contributed by atoms with Gasteiger partial charge >= 0.3 is 0 Å². The molecule has 0 saturated carbocycles. The lowest BCUT2D eigenvalue weighted by Gasteiger charge is -2.36.